The zero-order valence-electron chi connectivity index (χ0n) is 21.3. The van der Waals surface area contributed by atoms with Gasteiger partial charge in [-0.05, 0) is 81.7 Å². The molecule has 0 radical (unpaired) electrons. The molecule has 8 heteroatoms. The lowest BCUT2D eigenvalue weighted by molar-refractivity contribution is -0.117. The van der Waals surface area contributed by atoms with Crippen LogP contribution in [0.5, 0.6) is 0 Å². The van der Waals surface area contributed by atoms with Crippen molar-refractivity contribution in [2.45, 2.75) is 71.4 Å². The Hall–Kier alpha value is -3.55. The fraction of sp³-hybridized carbons (Fsp3) is 0.414. The second-order valence-corrected chi connectivity index (χ2v) is 10.6. The van der Waals surface area contributed by atoms with Crippen LogP contribution in [0, 0.1) is 31.4 Å². The van der Waals surface area contributed by atoms with E-state index in [0.717, 1.165) is 77.3 Å². The van der Waals surface area contributed by atoms with E-state index in [1.165, 1.54) is 6.07 Å². The van der Waals surface area contributed by atoms with E-state index in [9.17, 15) is 13.6 Å². The van der Waals surface area contributed by atoms with E-state index in [2.05, 4.69) is 34.8 Å². The summed E-state index contributed by atoms with van der Waals surface area (Å²) in [6, 6.07) is 9.81. The average molecular weight is 505 g/mol. The summed E-state index contributed by atoms with van der Waals surface area (Å²) in [6.07, 6.45) is 5.25. The molecule has 1 saturated carbocycles. The lowest BCUT2D eigenvalue weighted by Gasteiger charge is -2.32. The maximum Gasteiger partial charge on any atom is 0.227 e. The molecule has 4 aromatic rings. The molecule has 1 saturated heterocycles. The number of fused-ring (bicyclic) bond motifs is 1. The monoisotopic (exact) mass is 504 g/mol. The van der Waals surface area contributed by atoms with Crippen LogP contribution in [0.15, 0.2) is 40.9 Å². The van der Waals surface area contributed by atoms with Gasteiger partial charge in [-0.1, -0.05) is 18.1 Å². The SMILES string of the molecule is Cc1noc(C)c1-c1ccc2c(c1)nc([C@@H]1CCC(=O)N1c1ccc(F)c(F)c1)n2C1CCC(C)CC1. The highest BCUT2D eigenvalue weighted by Gasteiger charge is 2.38. The van der Waals surface area contributed by atoms with Gasteiger partial charge in [0.2, 0.25) is 5.91 Å². The van der Waals surface area contributed by atoms with Crippen molar-refractivity contribution in [1.29, 1.82) is 0 Å². The minimum atomic E-state index is -0.963. The zero-order valence-corrected chi connectivity index (χ0v) is 21.3. The molecule has 2 fully saturated rings. The summed E-state index contributed by atoms with van der Waals surface area (Å²) < 4.78 is 35.6. The summed E-state index contributed by atoms with van der Waals surface area (Å²) in [6.45, 7) is 6.11. The Kier molecular flexibility index (Phi) is 5.85. The van der Waals surface area contributed by atoms with Crippen molar-refractivity contribution in [1.82, 2.24) is 14.7 Å². The van der Waals surface area contributed by atoms with E-state index in [4.69, 9.17) is 9.51 Å². The van der Waals surface area contributed by atoms with Gasteiger partial charge in [-0.3, -0.25) is 4.79 Å². The highest BCUT2D eigenvalue weighted by Crippen LogP contribution is 2.43. The Balaban J connectivity index is 1.50. The molecule has 1 aliphatic carbocycles. The number of benzene rings is 2. The molecule has 1 amide bonds. The highest BCUT2D eigenvalue weighted by atomic mass is 19.2. The van der Waals surface area contributed by atoms with Crippen LogP contribution in [-0.2, 0) is 4.79 Å². The fourth-order valence-electron chi connectivity index (χ4n) is 6.17. The largest absolute Gasteiger partial charge is 0.361 e. The molecule has 0 bridgehead atoms. The molecular weight excluding hydrogens is 474 g/mol. The number of carbonyl (C=O) groups excluding carboxylic acids is 1. The molecule has 0 N–H and O–H groups in total. The molecule has 2 aromatic heterocycles. The summed E-state index contributed by atoms with van der Waals surface area (Å²) in [4.78, 5) is 19.8. The van der Waals surface area contributed by atoms with Crippen molar-refractivity contribution in [3.8, 4) is 11.1 Å². The second kappa shape index (κ2) is 9.08. The summed E-state index contributed by atoms with van der Waals surface area (Å²) in [7, 11) is 0. The first-order valence-electron chi connectivity index (χ1n) is 13.0. The van der Waals surface area contributed by atoms with Gasteiger partial charge in [-0.25, -0.2) is 13.8 Å². The van der Waals surface area contributed by atoms with Crippen molar-refractivity contribution in [2.75, 3.05) is 4.90 Å². The molecule has 6 nitrogen and oxygen atoms in total. The van der Waals surface area contributed by atoms with E-state index in [1.54, 1.807) is 4.90 Å². The van der Waals surface area contributed by atoms with Crippen LogP contribution < -0.4 is 4.90 Å². The third kappa shape index (κ3) is 4.03. The average Bonchev–Trinajstić information content (AvgIpc) is 3.55. The smallest absolute Gasteiger partial charge is 0.227 e. The van der Waals surface area contributed by atoms with Gasteiger partial charge in [0.1, 0.15) is 11.6 Å². The quantitative estimate of drug-likeness (QED) is 0.295. The molecule has 1 atom stereocenters. The number of rotatable bonds is 4. The van der Waals surface area contributed by atoms with Crippen LogP contribution in [0.2, 0.25) is 0 Å². The fourth-order valence-corrected chi connectivity index (χ4v) is 6.17. The highest BCUT2D eigenvalue weighted by molar-refractivity contribution is 5.96. The lowest BCUT2D eigenvalue weighted by Crippen LogP contribution is -2.30. The number of halogens is 2. The standard InChI is InChI=1S/C29H30F2N4O2/c1-16-4-7-20(8-5-16)35-25-11-6-19(28-17(2)33-37-18(28)3)14-24(25)32-29(35)26-12-13-27(36)34(26)21-9-10-22(30)23(31)15-21/h6,9-11,14-16,20,26H,4-5,7-8,12-13H2,1-3H3/t16?,20?,26-/m0/s1. The molecular formula is C29H30F2N4O2. The Morgan fingerprint density at radius 2 is 1.76 bits per heavy atom. The zero-order chi connectivity index (χ0) is 25.8. The first-order chi connectivity index (χ1) is 17.8. The van der Waals surface area contributed by atoms with Gasteiger partial charge in [0.25, 0.3) is 0 Å². The Labute approximate surface area is 214 Å². The van der Waals surface area contributed by atoms with E-state index < -0.39 is 11.6 Å². The van der Waals surface area contributed by atoms with Gasteiger partial charge in [0.05, 0.1) is 22.8 Å². The maximum atomic E-state index is 14.2. The van der Waals surface area contributed by atoms with Crippen molar-refractivity contribution in [2.24, 2.45) is 5.92 Å². The molecule has 0 spiro atoms. The summed E-state index contributed by atoms with van der Waals surface area (Å²) in [5.74, 6) is 0.248. The minimum absolute atomic E-state index is 0.108. The molecule has 2 aliphatic rings. The topological polar surface area (TPSA) is 64.2 Å². The molecule has 3 heterocycles. The van der Waals surface area contributed by atoms with Crippen LogP contribution >= 0.6 is 0 Å². The Bertz CT molecular complexity index is 1480. The number of amides is 1. The minimum Gasteiger partial charge on any atom is -0.361 e. The number of aryl methyl sites for hydroxylation is 2. The normalized spacial score (nSPS) is 22.4. The number of imidazole rings is 1. The first-order valence-corrected chi connectivity index (χ1v) is 13.0. The molecule has 2 aromatic carbocycles. The van der Waals surface area contributed by atoms with Gasteiger partial charge in [-0.15, -0.1) is 0 Å². The van der Waals surface area contributed by atoms with Gasteiger partial charge in [-0.2, -0.15) is 0 Å². The van der Waals surface area contributed by atoms with Gasteiger partial charge in [0.15, 0.2) is 11.6 Å². The predicted octanol–water partition coefficient (Wildman–Crippen LogP) is 7.21. The van der Waals surface area contributed by atoms with Crippen LogP contribution in [0.3, 0.4) is 0 Å². The summed E-state index contributed by atoms with van der Waals surface area (Å²) >= 11 is 0. The van der Waals surface area contributed by atoms with Crippen LogP contribution in [0.25, 0.3) is 22.2 Å². The number of carbonyl (C=O) groups is 1. The van der Waals surface area contributed by atoms with Crippen LogP contribution in [-0.4, -0.2) is 20.6 Å². The van der Waals surface area contributed by atoms with Crippen LogP contribution in [0.1, 0.15) is 74.8 Å². The second-order valence-electron chi connectivity index (χ2n) is 10.6. The number of hydrogen-bond donors (Lipinski definition) is 0. The Morgan fingerprint density at radius 1 is 0.973 bits per heavy atom. The third-order valence-corrected chi connectivity index (χ3v) is 8.08. The van der Waals surface area contributed by atoms with Crippen molar-refractivity contribution in [3.63, 3.8) is 0 Å². The summed E-state index contributed by atoms with van der Waals surface area (Å²) in [5, 5.41) is 4.10. The number of hydrogen-bond acceptors (Lipinski definition) is 4. The van der Waals surface area contributed by atoms with E-state index in [0.29, 0.717) is 24.4 Å². The molecule has 6 rings (SSSR count). The molecule has 37 heavy (non-hydrogen) atoms. The number of anilines is 1. The van der Waals surface area contributed by atoms with Gasteiger partial charge >= 0.3 is 0 Å². The third-order valence-electron chi connectivity index (χ3n) is 8.08. The van der Waals surface area contributed by atoms with Crippen LogP contribution in [0.4, 0.5) is 14.5 Å². The molecule has 0 unspecified atom stereocenters. The van der Waals surface area contributed by atoms with E-state index in [-0.39, 0.29) is 18.0 Å². The molecule has 1 aliphatic heterocycles. The van der Waals surface area contributed by atoms with E-state index >= 15 is 0 Å². The summed E-state index contributed by atoms with van der Waals surface area (Å²) in [5.41, 5.74) is 4.99. The maximum absolute atomic E-state index is 14.2. The van der Waals surface area contributed by atoms with Gasteiger partial charge in [0, 0.05) is 29.8 Å². The van der Waals surface area contributed by atoms with Gasteiger partial charge < -0.3 is 14.0 Å². The molecule has 192 valence electrons. The van der Waals surface area contributed by atoms with Crippen molar-refractivity contribution < 1.29 is 18.1 Å². The van der Waals surface area contributed by atoms with E-state index in [1.807, 2.05) is 13.8 Å². The first kappa shape index (κ1) is 23.8. The van der Waals surface area contributed by atoms with Crippen molar-refractivity contribution >= 4 is 22.6 Å². The predicted molar refractivity (Wildman–Crippen MR) is 137 cm³/mol. The lowest BCUT2D eigenvalue weighted by atomic mass is 9.87. The number of nitrogens with zero attached hydrogens (tertiary/aromatic N) is 4. The number of aromatic nitrogens is 3. The van der Waals surface area contributed by atoms with Crippen molar-refractivity contribution in [3.05, 3.63) is 65.3 Å². The Morgan fingerprint density at radius 3 is 2.46 bits per heavy atom.